The molecule has 0 spiro atoms. The van der Waals surface area contributed by atoms with Crippen LogP contribution in [0.5, 0.6) is 0 Å². The fraction of sp³-hybridized carbons (Fsp3) is 0.143. The van der Waals surface area contributed by atoms with Crippen LogP contribution in [0, 0.1) is 6.92 Å². The van der Waals surface area contributed by atoms with Crippen LogP contribution in [0.2, 0.25) is 5.02 Å². The molecule has 3 heteroatoms. The van der Waals surface area contributed by atoms with Crippen LogP contribution in [0.1, 0.15) is 11.1 Å². The first-order valence-electron chi connectivity index (χ1n) is 5.49. The average molecular weight is 247 g/mol. The second kappa shape index (κ2) is 5.11. The number of hydrogen-bond donors (Lipinski definition) is 2. The maximum atomic E-state index is 5.93. The van der Waals surface area contributed by atoms with Gasteiger partial charge in [0, 0.05) is 11.6 Å². The molecular formula is C14H15ClN2. The summed E-state index contributed by atoms with van der Waals surface area (Å²) in [6.07, 6.45) is 0. The summed E-state index contributed by atoms with van der Waals surface area (Å²) < 4.78 is 0. The summed E-state index contributed by atoms with van der Waals surface area (Å²) in [7, 11) is 0. The van der Waals surface area contributed by atoms with Gasteiger partial charge < -0.3 is 11.1 Å². The lowest BCUT2D eigenvalue weighted by Crippen LogP contribution is -2.02. The molecule has 0 aliphatic rings. The van der Waals surface area contributed by atoms with Crippen LogP contribution in [0.25, 0.3) is 0 Å². The Morgan fingerprint density at radius 3 is 2.76 bits per heavy atom. The number of halogens is 1. The van der Waals surface area contributed by atoms with Crippen molar-refractivity contribution in [1.82, 2.24) is 0 Å². The Bertz CT molecular complexity index is 523. The van der Waals surface area contributed by atoms with E-state index in [4.69, 9.17) is 17.3 Å². The Hall–Kier alpha value is -1.67. The first-order valence-corrected chi connectivity index (χ1v) is 5.87. The molecule has 0 amide bonds. The van der Waals surface area contributed by atoms with Crippen molar-refractivity contribution in [2.45, 2.75) is 13.5 Å². The molecule has 3 N–H and O–H groups in total. The van der Waals surface area contributed by atoms with Crippen molar-refractivity contribution >= 4 is 23.0 Å². The molecule has 2 aromatic rings. The number of hydrogen-bond acceptors (Lipinski definition) is 2. The van der Waals surface area contributed by atoms with Crippen molar-refractivity contribution in [3.63, 3.8) is 0 Å². The monoisotopic (exact) mass is 246 g/mol. The van der Waals surface area contributed by atoms with Crippen LogP contribution >= 0.6 is 11.6 Å². The predicted molar refractivity (Wildman–Crippen MR) is 74.4 cm³/mol. The summed E-state index contributed by atoms with van der Waals surface area (Å²) in [5.74, 6) is 0. The van der Waals surface area contributed by atoms with Crippen molar-refractivity contribution in [3.05, 3.63) is 58.6 Å². The van der Waals surface area contributed by atoms with Crippen LogP contribution in [0.3, 0.4) is 0 Å². The van der Waals surface area contributed by atoms with Gasteiger partial charge in [0.15, 0.2) is 0 Å². The second-order valence-electron chi connectivity index (χ2n) is 4.07. The van der Waals surface area contributed by atoms with Gasteiger partial charge in [0.05, 0.1) is 11.4 Å². The molecule has 0 aliphatic carbocycles. The van der Waals surface area contributed by atoms with E-state index in [-0.39, 0.29) is 0 Å². The van der Waals surface area contributed by atoms with Crippen LogP contribution < -0.4 is 11.1 Å². The summed E-state index contributed by atoms with van der Waals surface area (Å²) in [5, 5.41) is 3.97. The molecule has 0 aromatic heterocycles. The predicted octanol–water partition coefficient (Wildman–Crippen LogP) is 3.84. The molecule has 0 saturated heterocycles. The lowest BCUT2D eigenvalue weighted by molar-refractivity contribution is 1.14. The van der Waals surface area contributed by atoms with E-state index in [2.05, 4.69) is 30.4 Å². The minimum atomic E-state index is 0.686. The summed E-state index contributed by atoms with van der Waals surface area (Å²) in [6, 6.07) is 13.8. The largest absolute Gasteiger partial charge is 0.397 e. The molecule has 17 heavy (non-hydrogen) atoms. The van der Waals surface area contributed by atoms with E-state index in [1.807, 2.05) is 12.1 Å². The van der Waals surface area contributed by atoms with Crippen LogP contribution in [-0.4, -0.2) is 0 Å². The Kier molecular flexibility index (Phi) is 3.55. The molecule has 0 saturated carbocycles. The first-order chi connectivity index (χ1) is 8.15. The highest BCUT2D eigenvalue weighted by Crippen LogP contribution is 2.23. The van der Waals surface area contributed by atoms with Crippen LogP contribution in [-0.2, 0) is 6.54 Å². The highest BCUT2D eigenvalue weighted by molar-refractivity contribution is 6.31. The number of benzene rings is 2. The molecule has 0 atom stereocenters. The van der Waals surface area contributed by atoms with Gasteiger partial charge in [-0.15, -0.1) is 0 Å². The van der Waals surface area contributed by atoms with Gasteiger partial charge in [0.2, 0.25) is 0 Å². The van der Waals surface area contributed by atoms with Gasteiger partial charge in [0.25, 0.3) is 0 Å². The molecular weight excluding hydrogens is 232 g/mol. The van der Waals surface area contributed by atoms with E-state index in [1.54, 1.807) is 12.1 Å². The Morgan fingerprint density at radius 1 is 1.18 bits per heavy atom. The molecule has 88 valence electrons. The van der Waals surface area contributed by atoms with Crippen molar-refractivity contribution in [3.8, 4) is 0 Å². The van der Waals surface area contributed by atoms with Gasteiger partial charge in [0.1, 0.15) is 0 Å². The molecule has 0 heterocycles. The highest BCUT2D eigenvalue weighted by Gasteiger charge is 2.00. The minimum absolute atomic E-state index is 0.686. The third kappa shape index (κ3) is 3.14. The normalized spacial score (nSPS) is 10.2. The SMILES string of the molecule is Cc1cccc(CNc2cc(Cl)ccc2N)c1. The third-order valence-corrected chi connectivity index (χ3v) is 2.82. The van der Waals surface area contributed by atoms with Gasteiger partial charge in [-0.3, -0.25) is 0 Å². The zero-order valence-corrected chi connectivity index (χ0v) is 10.5. The van der Waals surface area contributed by atoms with E-state index >= 15 is 0 Å². The number of anilines is 2. The lowest BCUT2D eigenvalue weighted by atomic mass is 10.1. The molecule has 0 aliphatic heterocycles. The first kappa shape index (κ1) is 11.8. The number of rotatable bonds is 3. The van der Waals surface area contributed by atoms with Crippen LogP contribution in [0.15, 0.2) is 42.5 Å². The summed E-state index contributed by atoms with van der Waals surface area (Å²) in [5.41, 5.74) is 9.93. The van der Waals surface area contributed by atoms with Crippen molar-refractivity contribution in [2.24, 2.45) is 0 Å². The van der Waals surface area contributed by atoms with Crippen molar-refractivity contribution in [1.29, 1.82) is 0 Å². The van der Waals surface area contributed by atoms with Crippen molar-refractivity contribution < 1.29 is 0 Å². The van der Waals surface area contributed by atoms with Gasteiger partial charge in [-0.25, -0.2) is 0 Å². The van der Waals surface area contributed by atoms with Gasteiger partial charge >= 0.3 is 0 Å². The zero-order valence-electron chi connectivity index (χ0n) is 9.70. The Labute approximate surface area is 106 Å². The van der Waals surface area contributed by atoms with Gasteiger partial charge in [-0.1, -0.05) is 41.4 Å². The molecule has 0 radical (unpaired) electrons. The minimum Gasteiger partial charge on any atom is -0.397 e. The summed E-state index contributed by atoms with van der Waals surface area (Å²) in [4.78, 5) is 0. The Morgan fingerprint density at radius 2 is 2.00 bits per heavy atom. The molecule has 0 unspecified atom stereocenters. The lowest BCUT2D eigenvalue weighted by Gasteiger charge is -2.10. The second-order valence-corrected chi connectivity index (χ2v) is 4.51. The maximum Gasteiger partial charge on any atom is 0.0591 e. The average Bonchev–Trinajstić information content (AvgIpc) is 2.30. The summed E-state index contributed by atoms with van der Waals surface area (Å²) >= 11 is 5.93. The van der Waals surface area contributed by atoms with E-state index < -0.39 is 0 Å². The maximum absolute atomic E-state index is 5.93. The fourth-order valence-corrected chi connectivity index (χ4v) is 1.87. The topological polar surface area (TPSA) is 38.0 Å². The Balaban J connectivity index is 2.09. The van der Waals surface area contributed by atoms with Gasteiger partial charge in [-0.05, 0) is 30.7 Å². The van der Waals surface area contributed by atoms with E-state index in [0.717, 1.165) is 12.2 Å². The molecule has 0 fully saturated rings. The number of nitrogens with two attached hydrogens (primary N) is 1. The van der Waals surface area contributed by atoms with E-state index in [9.17, 15) is 0 Å². The summed E-state index contributed by atoms with van der Waals surface area (Å²) in [6.45, 7) is 2.82. The molecule has 0 bridgehead atoms. The third-order valence-electron chi connectivity index (χ3n) is 2.58. The number of nitrogens with one attached hydrogen (secondary N) is 1. The number of nitrogen functional groups attached to an aromatic ring is 1. The van der Waals surface area contributed by atoms with Crippen LogP contribution in [0.4, 0.5) is 11.4 Å². The smallest absolute Gasteiger partial charge is 0.0591 e. The quantitative estimate of drug-likeness (QED) is 0.808. The number of aryl methyl sites for hydroxylation is 1. The van der Waals surface area contributed by atoms with Crippen molar-refractivity contribution in [2.75, 3.05) is 11.1 Å². The van der Waals surface area contributed by atoms with Gasteiger partial charge in [-0.2, -0.15) is 0 Å². The van der Waals surface area contributed by atoms with E-state index in [0.29, 0.717) is 10.7 Å². The molecule has 2 rings (SSSR count). The highest BCUT2D eigenvalue weighted by atomic mass is 35.5. The standard InChI is InChI=1S/C14H15ClN2/c1-10-3-2-4-11(7-10)9-17-14-8-12(15)5-6-13(14)16/h2-8,17H,9,16H2,1H3. The van der Waals surface area contributed by atoms with E-state index in [1.165, 1.54) is 11.1 Å². The zero-order chi connectivity index (χ0) is 12.3. The fourth-order valence-electron chi connectivity index (χ4n) is 1.70. The molecule has 2 aromatic carbocycles. The molecule has 2 nitrogen and oxygen atoms in total.